The van der Waals surface area contributed by atoms with E-state index >= 15 is 0 Å². The Hall–Kier alpha value is -3.87. The highest BCUT2D eigenvalue weighted by Gasteiger charge is 2.38. The molecule has 0 saturated carbocycles. The van der Waals surface area contributed by atoms with Crippen LogP contribution in [0.5, 0.6) is 0 Å². The highest BCUT2D eigenvalue weighted by atomic mass is 19.4. The third-order valence-electron chi connectivity index (χ3n) is 7.09. The van der Waals surface area contributed by atoms with Crippen molar-refractivity contribution in [2.24, 2.45) is 0 Å². The Morgan fingerprint density at radius 3 is 2.04 bits per heavy atom. The minimum Gasteiger partial charge on any atom is -0.445 e. The maximum Gasteiger partial charge on any atom is 0.416 e. The molecule has 6 nitrogen and oxygen atoms in total. The van der Waals surface area contributed by atoms with Crippen molar-refractivity contribution >= 4 is 6.09 Å². The van der Waals surface area contributed by atoms with Crippen LogP contribution in [0.25, 0.3) is 0 Å². The summed E-state index contributed by atoms with van der Waals surface area (Å²) in [5.74, 6) is 0. The second kappa shape index (κ2) is 14.9. The summed E-state index contributed by atoms with van der Waals surface area (Å²) in [6.45, 7) is 1.95. The van der Waals surface area contributed by atoms with E-state index in [2.05, 4.69) is 5.32 Å². The number of hydrogen-bond donors (Lipinski definition) is 1. The van der Waals surface area contributed by atoms with Crippen LogP contribution in [0, 0.1) is 0 Å². The molecule has 242 valence electrons. The molecule has 1 amide bonds. The van der Waals surface area contributed by atoms with Crippen LogP contribution in [0.15, 0.2) is 91.0 Å². The van der Waals surface area contributed by atoms with Crippen LogP contribution < -0.4 is 5.32 Å². The Bertz CT molecular complexity index is 1380. The number of alkyl halides is 6. The summed E-state index contributed by atoms with van der Waals surface area (Å²) in [6, 6.07) is 18.8. The van der Waals surface area contributed by atoms with Crippen molar-refractivity contribution in [1.29, 1.82) is 0 Å². The molecule has 0 spiro atoms. The van der Waals surface area contributed by atoms with Crippen LogP contribution in [0.3, 0.4) is 0 Å². The molecule has 0 radical (unpaired) electrons. The molecule has 0 bridgehead atoms. The van der Waals surface area contributed by atoms with Crippen molar-refractivity contribution in [3.63, 3.8) is 0 Å². The van der Waals surface area contributed by atoms with Crippen molar-refractivity contribution in [2.75, 3.05) is 19.8 Å². The summed E-state index contributed by atoms with van der Waals surface area (Å²) < 4.78 is 104. The van der Waals surface area contributed by atoms with E-state index in [1.807, 2.05) is 6.07 Å². The minimum atomic E-state index is -5.01. The Kier molecular flexibility index (Phi) is 11.3. The molecule has 3 aromatic carbocycles. The van der Waals surface area contributed by atoms with Gasteiger partial charge >= 0.3 is 18.4 Å². The van der Waals surface area contributed by atoms with Gasteiger partial charge in [-0.2, -0.15) is 26.3 Å². The van der Waals surface area contributed by atoms with Gasteiger partial charge in [0, 0.05) is 6.42 Å². The molecule has 0 unspecified atom stereocenters. The van der Waals surface area contributed by atoms with Crippen LogP contribution in [-0.4, -0.2) is 32.2 Å². The Morgan fingerprint density at radius 2 is 1.47 bits per heavy atom. The normalized spacial score (nSPS) is 16.7. The number of halogens is 6. The topological polar surface area (TPSA) is 66.0 Å². The molecule has 4 rings (SSSR count). The third kappa shape index (κ3) is 9.81. The molecule has 0 aromatic heterocycles. The number of alkyl carbamates (subject to hydrolysis) is 1. The minimum absolute atomic E-state index is 0.0489. The first-order chi connectivity index (χ1) is 21.4. The molecule has 1 heterocycles. The number of amides is 1. The van der Waals surface area contributed by atoms with E-state index < -0.39 is 47.5 Å². The van der Waals surface area contributed by atoms with E-state index in [0.717, 1.165) is 12.0 Å². The lowest BCUT2D eigenvalue weighted by Gasteiger charge is -2.33. The molecular formula is C33H33F6NO5. The largest absolute Gasteiger partial charge is 0.445 e. The highest BCUT2D eigenvalue weighted by Crippen LogP contribution is 2.38. The highest BCUT2D eigenvalue weighted by molar-refractivity contribution is 5.69. The van der Waals surface area contributed by atoms with E-state index in [0.29, 0.717) is 37.3 Å². The molecule has 1 aliphatic rings. The quantitative estimate of drug-likeness (QED) is 0.169. The fraction of sp³-hybridized carbons (Fsp3) is 0.364. The Balaban J connectivity index is 1.65. The van der Waals surface area contributed by atoms with Gasteiger partial charge in [-0.05, 0) is 48.2 Å². The average Bonchev–Trinajstić information content (AvgIpc) is 3.03. The van der Waals surface area contributed by atoms with Crippen molar-refractivity contribution in [2.45, 2.75) is 56.7 Å². The van der Waals surface area contributed by atoms with Gasteiger partial charge in [-0.15, -0.1) is 0 Å². The standard InChI is InChI=1S/C33H33F6NO5/c1-23(25-18-27(32(34,35)36)20-28(19-25)33(37,38)39)45-22-31(26-12-6-3-7-13-26,15-8-14-29-42-16-9-17-43-29)40-30(41)44-21-24-10-4-2-5-11-24/h2-8,10-13,15,18-20,23,29H,9,14,16-17,21-22H2,1H3,(H,40,41)/b15-8-/t23-,31-/m1/s1. The van der Waals surface area contributed by atoms with E-state index in [-0.39, 0.29) is 24.8 Å². The smallest absolute Gasteiger partial charge is 0.416 e. The number of ether oxygens (including phenoxy) is 4. The molecule has 2 atom stereocenters. The van der Waals surface area contributed by atoms with E-state index in [4.69, 9.17) is 18.9 Å². The second-order valence-corrected chi connectivity index (χ2v) is 10.5. The Labute approximate surface area is 256 Å². The zero-order valence-electron chi connectivity index (χ0n) is 24.4. The zero-order chi connectivity index (χ0) is 32.5. The van der Waals surface area contributed by atoms with Crippen molar-refractivity contribution in [3.8, 4) is 0 Å². The van der Waals surface area contributed by atoms with E-state index in [9.17, 15) is 31.1 Å². The first-order valence-electron chi connectivity index (χ1n) is 14.2. The monoisotopic (exact) mass is 637 g/mol. The van der Waals surface area contributed by atoms with Gasteiger partial charge in [-0.25, -0.2) is 4.79 Å². The van der Waals surface area contributed by atoms with Crippen LogP contribution in [0.2, 0.25) is 0 Å². The average molecular weight is 638 g/mol. The van der Waals surface area contributed by atoms with Gasteiger partial charge in [0.1, 0.15) is 12.1 Å². The summed E-state index contributed by atoms with van der Waals surface area (Å²) in [6.07, 6.45) is -8.23. The first-order valence-corrected chi connectivity index (χ1v) is 14.2. The predicted molar refractivity (Wildman–Crippen MR) is 153 cm³/mol. The maximum absolute atomic E-state index is 13.5. The zero-order valence-corrected chi connectivity index (χ0v) is 24.4. The number of hydrogen-bond acceptors (Lipinski definition) is 5. The maximum atomic E-state index is 13.5. The van der Waals surface area contributed by atoms with Crippen molar-refractivity contribution in [1.82, 2.24) is 5.32 Å². The Morgan fingerprint density at radius 1 is 0.889 bits per heavy atom. The van der Waals surface area contributed by atoms with Crippen molar-refractivity contribution < 1.29 is 50.1 Å². The van der Waals surface area contributed by atoms with Gasteiger partial charge in [0.05, 0.1) is 37.1 Å². The molecule has 3 aromatic rings. The second-order valence-electron chi connectivity index (χ2n) is 10.5. The summed E-state index contributed by atoms with van der Waals surface area (Å²) in [4.78, 5) is 13.2. The van der Waals surface area contributed by atoms with Crippen molar-refractivity contribution in [3.05, 3.63) is 119 Å². The van der Waals surface area contributed by atoms with Crippen LogP contribution in [-0.2, 0) is 43.4 Å². The van der Waals surface area contributed by atoms with Gasteiger partial charge in [0.15, 0.2) is 6.29 Å². The lowest BCUT2D eigenvalue weighted by Crippen LogP contribution is -2.48. The summed E-state index contributed by atoms with van der Waals surface area (Å²) >= 11 is 0. The SMILES string of the molecule is C[C@@H](OC[C@@](/C=C\CC1OCCCO1)(NC(=O)OCc1ccccc1)c1ccccc1)c1cc(C(F)(F)F)cc(C(F)(F)F)c1. The summed E-state index contributed by atoms with van der Waals surface area (Å²) in [5, 5.41) is 2.82. The van der Waals surface area contributed by atoms with Gasteiger partial charge in [0.25, 0.3) is 0 Å². The summed E-state index contributed by atoms with van der Waals surface area (Å²) in [5.41, 5.74) is -3.43. The fourth-order valence-electron chi connectivity index (χ4n) is 4.67. The molecule has 12 heteroatoms. The van der Waals surface area contributed by atoms with Gasteiger partial charge in [0.2, 0.25) is 0 Å². The van der Waals surface area contributed by atoms with Crippen LogP contribution in [0.4, 0.5) is 31.1 Å². The number of carbonyl (C=O) groups excluding carboxylic acids is 1. The molecule has 1 N–H and O–H groups in total. The van der Waals surface area contributed by atoms with Gasteiger partial charge < -0.3 is 24.3 Å². The van der Waals surface area contributed by atoms with Gasteiger partial charge in [-0.1, -0.05) is 72.8 Å². The molecule has 1 fully saturated rings. The van der Waals surface area contributed by atoms with Crippen LogP contribution in [0.1, 0.15) is 53.7 Å². The molecule has 0 aliphatic carbocycles. The number of nitrogens with one attached hydrogen (secondary N) is 1. The lowest BCUT2D eigenvalue weighted by atomic mass is 9.89. The lowest BCUT2D eigenvalue weighted by molar-refractivity contribution is -0.175. The first kappa shape index (κ1) is 34.0. The molecule has 45 heavy (non-hydrogen) atoms. The molecular weight excluding hydrogens is 604 g/mol. The molecule has 1 saturated heterocycles. The predicted octanol–water partition coefficient (Wildman–Crippen LogP) is 8.33. The number of rotatable bonds is 11. The van der Waals surface area contributed by atoms with Crippen LogP contribution >= 0.6 is 0 Å². The number of carbonyl (C=O) groups is 1. The fourth-order valence-corrected chi connectivity index (χ4v) is 4.67. The van der Waals surface area contributed by atoms with Gasteiger partial charge in [-0.3, -0.25) is 0 Å². The number of benzene rings is 3. The third-order valence-corrected chi connectivity index (χ3v) is 7.09. The van der Waals surface area contributed by atoms with E-state index in [1.54, 1.807) is 66.7 Å². The van der Waals surface area contributed by atoms with E-state index in [1.165, 1.54) is 6.92 Å². The summed E-state index contributed by atoms with van der Waals surface area (Å²) in [7, 11) is 0. The molecule has 1 aliphatic heterocycles.